The molecule has 1 spiro atoms. The highest BCUT2D eigenvalue weighted by Gasteiger charge is 2.42. The number of hydrogen-bond acceptors (Lipinski definition) is 4. The zero-order valence-electron chi connectivity index (χ0n) is 15.8. The summed E-state index contributed by atoms with van der Waals surface area (Å²) < 4.78 is 8.40. The fraction of sp³-hybridized carbons (Fsp3) is 0.455. The Morgan fingerprint density at radius 2 is 2.04 bits per heavy atom. The molecule has 5 rings (SSSR count). The van der Waals surface area contributed by atoms with Gasteiger partial charge in [-0.25, -0.2) is 4.98 Å². The SMILES string of the molecule is CN1CCC2(CC1)CC(Cc1cccc(-c3cnc4ccccn34)n1)CO2. The van der Waals surface area contributed by atoms with Crippen LogP contribution >= 0.6 is 0 Å². The Morgan fingerprint density at radius 3 is 2.93 bits per heavy atom. The van der Waals surface area contributed by atoms with Crippen LogP contribution < -0.4 is 0 Å². The number of fused-ring (bicyclic) bond motifs is 1. The van der Waals surface area contributed by atoms with Gasteiger partial charge in [-0.3, -0.25) is 9.38 Å². The maximum absolute atomic E-state index is 6.31. The fourth-order valence-electron chi connectivity index (χ4n) is 4.60. The van der Waals surface area contributed by atoms with E-state index in [9.17, 15) is 0 Å². The summed E-state index contributed by atoms with van der Waals surface area (Å²) in [5.74, 6) is 0.568. The molecule has 5 heteroatoms. The zero-order chi connectivity index (χ0) is 18.3. The summed E-state index contributed by atoms with van der Waals surface area (Å²) in [5.41, 5.74) is 4.25. The Balaban J connectivity index is 1.33. The quantitative estimate of drug-likeness (QED) is 0.716. The van der Waals surface area contributed by atoms with E-state index < -0.39 is 0 Å². The van der Waals surface area contributed by atoms with Gasteiger partial charge in [-0.05, 0) is 62.9 Å². The number of imidazole rings is 1. The van der Waals surface area contributed by atoms with Gasteiger partial charge in [-0.15, -0.1) is 0 Å². The summed E-state index contributed by atoms with van der Waals surface area (Å²) in [6, 6.07) is 12.4. The summed E-state index contributed by atoms with van der Waals surface area (Å²) in [7, 11) is 2.20. The van der Waals surface area contributed by atoms with E-state index in [0.717, 1.165) is 61.7 Å². The third kappa shape index (κ3) is 3.26. The highest BCUT2D eigenvalue weighted by atomic mass is 16.5. The van der Waals surface area contributed by atoms with Crippen LogP contribution in [0.4, 0.5) is 0 Å². The van der Waals surface area contributed by atoms with E-state index in [1.165, 1.54) is 6.42 Å². The van der Waals surface area contributed by atoms with Crippen LogP contribution in [0.1, 0.15) is 25.0 Å². The number of hydrogen-bond donors (Lipinski definition) is 0. The second-order valence-electron chi connectivity index (χ2n) is 8.16. The van der Waals surface area contributed by atoms with Gasteiger partial charge in [0.05, 0.1) is 29.8 Å². The van der Waals surface area contributed by atoms with Crippen molar-refractivity contribution >= 4 is 5.65 Å². The largest absolute Gasteiger partial charge is 0.375 e. The maximum atomic E-state index is 6.31. The van der Waals surface area contributed by atoms with E-state index in [4.69, 9.17) is 9.72 Å². The highest BCUT2D eigenvalue weighted by Crippen LogP contribution is 2.39. The first-order valence-corrected chi connectivity index (χ1v) is 9.92. The second kappa shape index (κ2) is 6.73. The topological polar surface area (TPSA) is 42.7 Å². The average molecular weight is 362 g/mol. The van der Waals surface area contributed by atoms with Crippen LogP contribution in [0.5, 0.6) is 0 Å². The number of likely N-dealkylation sites (tertiary alicyclic amines) is 1. The summed E-state index contributed by atoms with van der Waals surface area (Å²) in [4.78, 5) is 11.8. The molecular weight excluding hydrogens is 336 g/mol. The fourth-order valence-corrected chi connectivity index (χ4v) is 4.60. The Hall–Kier alpha value is -2.24. The third-order valence-electron chi connectivity index (χ3n) is 6.17. The Morgan fingerprint density at radius 1 is 1.15 bits per heavy atom. The van der Waals surface area contributed by atoms with Crippen molar-refractivity contribution in [1.29, 1.82) is 0 Å². The standard InChI is InChI=1S/C22H26N4O/c1-25-11-8-22(9-12-25)14-17(16-27-22)13-18-5-4-6-19(24-18)20-15-23-21-7-2-3-10-26(20)21/h2-7,10,15,17H,8-9,11-14,16H2,1H3. The van der Waals surface area contributed by atoms with Gasteiger partial charge in [0.2, 0.25) is 0 Å². The van der Waals surface area contributed by atoms with Gasteiger partial charge in [0, 0.05) is 25.0 Å². The average Bonchev–Trinajstić information content (AvgIpc) is 3.29. The summed E-state index contributed by atoms with van der Waals surface area (Å²) in [6.45, 7) is 3.16. The molecule has 0 aliphatic carbocycles. The molecule has 3 aromatic heterocycles. The minimum absolute atomic E-state index is 0.121. The van der Waals surface area contributed by atoms with Crippen LogP contribution in [0.2, 0.25) is 0 Å². The lowest BCUT2D eigenvalue weighted by Crippen LogP contribution is -2.42. The lowest BCUT2D eigenvalue weighted by atomic mass is 9.84. The van der Waals surface area contributed by atoms with Crippen molar-refractivity contribution in [2.24, 2.45) is 5.92 Å². The molecule has 27 heavy (non-hydrogen) atoms. The molecule has 1 unspecified atom stereocenters. The van der Waals surface area contributed by atoms with Gasteiger partial charge in [-0.2, -0.15) is 0 Å². The minimum Gasteiger partial charge on any atom is -0.375 e. The van der Waals surface area contributed by atoms with Crippen LogP contribution in [-0.4, -0.2) is 51.6 Å². The van der Waals surface area contributed by atoms with Crippen molar-refractivity contribution in [2.45, 2.75) is 31.3 Å². The van der Waals surface area contributed by atoms with Crippen molar-refractivity contribution in [3.8, 4) is 11.4 Å². The molecule has 0 N–H and O–H groups in total. The van der Waals surface area contributed by atoms with E-state index in [2.05, 4.69) is 39.5 Å². The molecule has 0 saturated carbocycles. The predicted octanol–water partition coefficient (Wildman–Crippen LogP) is 3.44. The number of aromatic nitrogens is 3. The van der Waals surface area contributed by atoms with Gasteiger partial charge in [0.15, 0.2) is 0 Å². The Labute approximate surface area is 160 Å². The van der Waals surface area contributed by atoms with E-state index in [-0.39, 0.29) is 5.60 Å². The molecule has 0 aromatic carbocycles. The van der Waals surface area contributed by atoms with Crippen molar-refractivity contribution in [3.05, 3.63) is 54.5 Å². The summed E-state index contributed by atoms with van der Waals surface area (Å²) in [5, 5.41) is 0. The lowest BCUT2D eigenvalue weighted by Gasteiger charge is -2.37. The Kier molecular flexibility index (Phi) is 4.21. The zero-order valence-corrected chi connectivity index (χ0v) is 15.8. The molecule has 2 fully saturated rings. The van der Waals surface area contributed by atoms with E-state index in [1.807, 2.05) is 30.6 Å². The maximum Gasteiger partial charge on any atom is 0.137 e. The van der Waals surface area contributed by atoms with Crippen LogP contribution in [0, 0.1) is 5.92 Å². The molecule has 2 aliphatic heterocycles. The normalized spacial score (nSPS) is 22.6. The van der Waals surface area contributed by atoms with Crippen LogP contribution in [0.25, 0.3) is 17.0 Å². The summed E-state index contributed by atoms with van der Waals surface area (Å²) >= 11 is 0. The highest BCUT2D eigenvalue weighted by molar-refractivity contribution is 5.60. The van der Waals surface area contributed by atoms with E-state index in [1.54, 1.807) is 0 Å². The van der Waals surface area contributed by atoms with Crippen molar-refractivity contribution < 1.29 is 4.74 Å². The minimum atomic E-state index is 0.121. The monoisotopic (exact) mass is 362 g/mol. The number of piperidine rings is 1. The van der Waals surface area contributed by atoms with Crippen molar-refractivity contribution in [2.75, 3.05) is 26.7 Å². The Bertz CT molecular complexity index is 942. The lowest BCUT2D eigenvalue weighted by molar-refractivity contribution is -0.0394. The van der Waals surface area contributed by atoms with Gasteiger partial charge in [0.25, 0.3) is 0 Å². The van der Waals surface area contributed by atoms with Gasteiger partial charge in [-0.1, -0.05) is 12.1 Å². The molecule has 140 valence electrons. The molecule has 0 bridgehead atoms. The number of rotatable bonds is 3. The first-order valence-electron chi connectivity index (χ1n) is 9.92. The van der Waals surface area contributed by atoms with Crippen molar-refractivity contribution in [1.82, 2.24) is 19.3 Å². The molecule has 2 saturated heterocycles. The molecule has 0 amide bonds. The molecule has 3 aromatic rings. The van der Waals surface area contributed by atoms with Crippen LogP contribution in [0.3, 0.4) is 0 Å². The molecule has 5 nitrogen and oxygen atoms in total. The van der Waals surface area contributed by atoms with Crippen LogP contribution in [0.15, 0.2) is 48.8 Å². The smallest absolute Gasteiger partial charge is 0.137 e. The summed E-state index contributed by atoms with van der Waals surface area (Å²) in [6.07, 6.45) is 8.43. The number of ether oxygens (including phenoxy) is 1. The molecular formula is C22H26N4O. The first-order chi connectivity index (χ1) is 13.2. The van der Waals surface area contributed by atoms with Gasteiger partial charge in [0.1, 0.15) is 5.65 Å². The second-order valence-corrected chi connectivity index (χ2v) is 8.16. The van der Waals surface area contributed by atoms with E-state index >= 15 is 0 Å². The van der Waals surface area contributed by atoms with Gasteiger partial charge < -0.3 is 9.64 Å². The van der Waals surface area contributed by atoms with Crippen LogP contribution in [-0.2, 0) is 11.2 Å². The third-order valence-corrected chi connectivity index (χ3v) is 6.17. The van der Waals surface area contributed by atoms with Crippen molar-refractivity contribution in [3.63, 3.8) is 0 Å². The number of nitrogens with zero attached hydrogens (tertiary/aromatic N) is 4. The predicted molar refractivity (Wildman–Crippen MR) is 106 cm³/mol. The molecule has 5 heterocycles. The molecule has 0 radical (unpaired) electrons. The first kappa shape index (κ1) is 16.9. The molecule has 2 aliphatic rings. The van der Waals surface area contributed by atoms with E-state index in [0.29, 0.717) is 5.92 Å². The molecule has 1 atom stereocenters. The number of pyridine rings is 2. The van der Waals surface area contributed by atoms with Gasteiger partial charge >= 0.3 is 0 Å².